The summed E-state index contributed by atoms with van der Waals surface area (Å²) in [6, 6.07) is 15.4. The summed E-state index contributed by atoms with van der Waals surface area (Å²) in [6.45, 7) is 1.38. The number of ketones is 1. The molecular weight excluding hydrogens is 654 g/mol. The number of carboxylic acids is 3. The Kier molecular flexibility index (Phi) is 21.0. The molecule has 0 aliphatic heterocycles. The van der Waals surface area contributed by atoms with Crippen molar-refractivity contribution in [2.24, 2.45) is 5.73 Å². The van der Waals surface area contributed by atoms with Gasteiger partial charge in [0.25, 0.3) is 0 Å². The highest BCUT2D eigenvalue weighted by Crippen LogP contribution is 2.10. The zero-order valence-electron chi connectivity index (χ0n) is 28.4. The standard InChI is InChI=1S/C33H47N5O9.CO2/c1-3-38(21-32(44)45)28(18-37(20-31(42)43)16-15-36(2)19-30(40)41)33(46)35-17-25-9-11-26(12-10-25)22-47-23-29(39)27(34)14-13-24-7-5-4-6-8-24;2-1-3/h4-12,27-28H,3,13-23,34H2,1-2H3,(H,35,46)(H,40,41)(H,42,43)(H,44,45);/t27-,28-;/m1./s1. The van der Waals surface area contributed by atoms with Crippen molar-refractivity contribution in [2.45, 2.75) is 45.0 Å². The number of benzene rings is 2. The molecule has 2 aromatic carbocycles. The highest BCUT2D eigenvalue weighted by molar-refractivity contribution is 5.85. The topological polar surface area (TPSA) is 237 Å². The summed E-state index contributed by atoms with van der Waals surface area (Å²) in [6.07, 6.45) is 1.48. The Balaban J connectivity index is 0.00000401. The van der Waals surface area contributed by atoms with Crippen LogP contribution in [0.4, 0.5) is 0 Å². The van der Waals surface area contributed by atoms with Gasteiger partial charge in [0.15, 0.2) is 5.78 Å². The van der Waals surface area contributed by atoms with E-state index >= 15 is 0 Å². The van der Waals surface area contributed by atoms with Gasteiger partial charge in [-0.25, -0.2) is 0 Å². The van der Waals surface area contributed by atoms with Gasteiger partial charge in [-0.1, -0.05) is 61.5 Å². The number of carbonyl (C=O) groups is 5. The zero-order chi connectivity index (χ0) is 37.5. The molecule has 274 valence electrons. The second kappa shape index (κ2) is 24.3. The second-order valence-electron chi connectivity index (χ2n) is 11.4. The van der Waals surface area contributed by atoms with Crippen LogP contribution in [0.1, 0.15) is 30.0 Å². The molecule has 0 aliphatic rings. The largest absolute Gasteiger partial charge is 0.480 e. The van der Waals surface area contributed by atoms with E-state index in [1.54, 1.807) is 26.1 Å². The molecule has 1 amide bonds. The van der Waals surface area contributed by atoms with Crippen molar-refractivity contribution in [3.8, 4) is 0 Å². The van der Waals surface area contributed by atoms with E-state index in [4.69, 9.17) is 25.2 Å². The fraction of sp³-hybridized carbons (Fsp3) is 0.471. The summed E-state index contributed by atoms with van der Waals surface area (Å²) in [5.41, 5.74) is 8.74. The van der Waals surface area contributed by atoms with Gasteiger partial charge in [-0.05, 0) is 43.1 Å². The number of aliphatic carboxylic acids is 3. The first-order valence-corrected chi connectivity index (χ1v) is 15.8. The smallest absolute Gasteiger partial charge is 0.373 e. The van der Waals surface area contributed by atoms with E-state index in [0.717, 1.165) is 16.7 Å². The number of hydrogen-bond donors (Lipinski definition) is 5. The van der Waals surface area contributed by atoms with Crippen LogP contribution in [0.15, 0.2) is 54.6 Å². The molecule has 50 heavy (non-hydrogen) atoms. The Morgan fingerprint density at radius 2 is 1.42 bits per heavy atom. The van der Waals surface area contributed by atoms with E-state index in [1.165, 1.54) is 14.7 Å². The van der Waals surface area contributed by atoms with Crippen LogP contribution in [-0.4, -0.2) is 137 Å². The number of aryl methyl sites for hydroxylation is 1. The van der Waals surface area contributed by atoms with E-state index in [0.29, 0.717) is 12.8 Å². The Morgan fingerprint density at radius 1 is 0.840 bits per heavy atom. The molecule has 2 rings (SSSR count). The minimum Gasteiger partial charge on any atom is -0.480 e. The van der Waals surface area contributed by atoms with Gasteiger partial charge in [0.2, 0.25) is 5.91 Å². The summed E-state index contributed by atoms with van der Waals surface area (Å²) in [7, 11) is 1.58. The number of Topliss-reactive ketones (excluding diaryl/α,β-unsaturated/α-hetero) is 1. The third-order valence-electron chi connectivity index (χ3n) is 7.48. The summed E-state index contributed by atoms with van der Waals surface area (Å²) in [5, 5.41) is 30.7. The van der Waals surface area contributed by atoms with Gasteiger partial charge >= 0.3 is 24.1 Å². The number of nitrogens with zero attached hydrogens (tertiary/aromatic N) is 3. The van der Waals surface area contributed by atoms with Crippen molar-refractivity contribution in [2.75, 3.05) is 59.5 Å². The molecule has 2 atom stereocenters. The lowest BCUT2D eigenvalue weighted by molar-refractivity contribution is -0.191. The quantitative estimate of drug-likeness (QED) is 0.0964. The molecule has 0 fully saturated rings. The Labute approximate surface area is 290 Å². The normalized spacial score (nSPS) is 12.0. The highest BCUT2D eigenvalue weighted by Gasteiger charge is 2.29. The van der Waals surface area contributed by atoms with Crippen molar-refractivity contribution in [1.82, 2.24) is 20.0 Å². The average molecular weight is 702 g/mol. The van der Waals surface area contributed by atoms with Crippen LogP contribution in [0.2, 0.25) is 0 Å². The lowest BCUT2D eigenvalue weighted by Crippen LogP contribution is -2.55. The molecule has 0 aromatic heterocycles. The van der Waals surface area contributed by atoms with Gasteiger partial charge in [-0.2, -0.15) is 9.59 Å². The minimum atomic E-state index is -1.13. The van der Waals surface area contributed by atoms with Crippen LogP contribution in [0, 0.1) is 0 Å². The molecule has 6 N–H and O–H groups in total. The van der Waals surface area contributed by atoms with E-state index in [9.17, 15) is 34.2 Å². The highest BCUT2D eigenvalue weighted by atomic mass is 16.5. The minimum absolute atomic E-state index is 0.0783. The zero-order valence-corrected chi connectivity index (χ0v) is 28.4. The third kappa shape index (κ3) is 18.6. The van der Waals surface area contributed by atoms with Crippen molar-refractivity contribution < 1.29 is 53.6 Å². The number of nitrogens with one attached hydrogen (secondary N) is 1. The first-order chi connectivity index (χ1) is 23.8. The van der Waals surface area contributed by atoms with Crippen LogP contribution in [0.5, 0.6) is 0 Å². The van der Waals surface area contributed by atoms with Crippen LogP contribution in [0.25, 0.3) is 0 Å². The van der Waals surface area contributed by atoms with E-state index in [2.05, 4.69) is 5.32 Å². The average Bonchev–Trinajstić information content (AvgIpc) is 3.07. The molecule has 0 bridgehead atoms. The van der Waals surface area contributed by atoms with Crippen molar-refractivity contribution in [3.05, 3.63) is 71.3 Å². The number of likely N-dealkylation sites (N-methyl/N-ethyl adjacent to an activating group) is 2. The Morgan fingerprint density at radius 3 is 1.98 bits per heavy atom. The molecule has 16 nitrogen and oxygen atoms in total. The molecule has 0 unspecified atom stereocenters. The summed E-state index contributed by atoms with van der Waals surface area (Å²) in [4.78, 5) is 80.6. The van der Waals surface area contributed by atoms with Crippen molar-refractivity contribution in [3.63, 3.8) is 0 Å². The molecule has 0 saturated heterocycles. The van der Waals surface area contributed by atoms with Crippen LogP contribution in [-0.2, 0) is 57.9 Å². The third-order valence-corrected chi connectivity index (χ3v) is 7.48. The van der Waals surface area contributed by atoms with E-state index in [-0.39, 0.29) is 64.4 Å². The van der Waals surface area contributed by atoms with Crippen molar-refractivity contribution in [1.29, 1.82) is 0 Å². The fourth-order valence-electron chi connectivity index (χ4n) is 4.84. The summed E-state index contributed by atoms with van der Waals surface area (Å²) in [5.74, 6) is -3.95. The van der Waals surface area contributed by atoms with Crippen molar-refractivity contribution >= 4 is 35.7 Å². The lowest BCUT2D eigenvalue weighted by Gasteiger charge is -2.33. The van der Waals surface area contributed by atoms with Gasteiger partial charge in [0, 0.05) is 26.2 Å². The first-order valence-electron chi connectivity index (χ1n) is 15.8. The summed E-state index contributed by atoms with van der Waals surface area (Å²) >= 11 is 0. The second-order valence-corrected chi connectivity index (χ2v) is 11.4. The number of rotatable bonds is 24. The number of hydrogen-bond acceptors (Lipinski definition) is 12. The lowest BCUT2D eigenvalue weighted by atomic mass is 10.0. The molecule has 0 spiro atoms. The SMILES string of the molecule is CCN(CC(=O)O)[C@H](CN(CCN(C)CC(=O)O)CC(=O)O)C(=O)NCc1ccc(COCC(=O)[C@H](N)CCc2ccccc2)cc1.O=C=O. The van der Waals surface area contributed by atoms with Gasteiger partial charge in [0.1, 0.15) is 12.6 Å². The molecule has 2 aromatic rings. The van der Waals surface area contributed by atoms with Crippen LogP contribution < -0.4 is 11.1 Å². The number of nitrogens with two attached hydrogens (primary N) is 1. The molecule has 0 radical (unpaired) electrons. The Hall–Kier alpha value is -4.83. The van der Waals surface area contributed by atoms with Gasteiger partial charge in [0.05, 0.1) is 32.3 Å². The number of amides is 1. The molecule has 0 heterocycles. The fourth-order valence-corrected chi connectivity index (χ4v) is 4.84. The van der Waals surface area contributed by atoms with Gasteiger partial charge < -0.3 is 31.1 Å². The van der Waals surface area contributed by atoms with E-state index in [1.807, 2.05) is 42.5 Å². The number of carboxylic acid groups (broad SMARTS) is 3. The molecule has 0 saturated carbocycles. The Bertz CT molecular complexity index is 1390. The number of carbonyl (C=O) groups excluding carboxylic acids is 4. The maximum atomic E-state index is 13.4. The number of ether oxygens (including phenoxy) is 1. The first kappa shape index (κ1) is 43.2. The monoisotopic (exact) mass is 701 g/mol. The molecular formula is C34H47N5O11. The molecule has 16 heteroatoms. The van der Waals surface area contributed by atoms with Crippen LogP contribution in [0.3, 0.4) is 0 Å². The van der Waals surface area contributed by atoms with E-state index < -0.39 is 49.0 Å². The summed E-state index contributed by atoms with van der Waals surface area (Å²) < 4.78 is 5.58. The van der Waals surface area contributed by atoms with Gasteiger partial charge in [-0.15, -0.1) is 0 Å². The maximum Gasteiger partial charge on any atom is 0.373 e. The predicted octanol–water partition coefficient (Wildman–Crippen LogP) is -0.0568. The molecule has 0 aliphatic carbocycles. The van der Waals surface area contributed by atoms with Crippen LogP contribution >= 0.6 is 0 Å². The van der Waals surface area contributed by atoms with Gasteiger partial charge in [-0.3, -0.25) is 38.7 Å². The predicted molar refractivity (Wildman–Crippen MR) is 179 cm³/mol. The maximum absolute atomic E-state index is 13.4.